The number of methoxy groups -OCH3 is 1. The predicted molar refractivity (Wildman–Crippen MR) is 85.3 cm³/mol. The summed E-state index contributed by atoms with van der Waals surface area (Å²) in [5.74, 6) is 0. The summed E-state index contributed by atoms with van der Waals surface area (Å²) in [4.78, 5) is 2.55. The van der Waals surface area contributed by atoms with Crippen LogP contribution in [0.1, 0.15) is 32.3 Å². The van der Waals surface area contributed by atoms with Gasteiger partial charge in [-0.2, -0.15) is 0 Å². The smallest absolute Gasteiger partial charge is 0.0587 e. The van der Waals surface area contributed by atoms with Crippen molar-refractivity contribution in [2.24, 2.45) is 5.41 Å². The topological polar surface area (TPSA) is 24.5 Å². The zero-order valence-electron chi connectivity index (χ0n) is 13.1. The first-order valence-electron chi connectivity index (χ1n) is 7.65. The molecule has 1 aliphatic rings. The first kappa shape index (κ1) is 15.3. The van der Waals surface area contributed by atoms with Crippen molar-refractivity contribution in [1.82, 2.24) is 5.32 Å². The molecule has 3 nitrogen and oxygen atoms in total. The number of anilines is 1. The summed E-state index contributed by atoms with van der Waals surface area (Å²) in [6.07, 6.45) is 2.62. The molecule has 0 bridgehead atoms. The van der Waals surface area contributed by atoms with Gasteiger partial charge in [-0.3, -0.25) is 0 Å². The van der Waals surface area contributed by atoms with Gasteiger partial charge in [0.05, 0.1) is 6.61 Å². The molecule has 1 fully saturated rings. The number of hydrogen-bond donors (Lipinski definition) is 1. The van der Waals surface area contributed by atoms with Gasteiger partial charge in [-0.15, -0.1) is 0 Å². The molecule has 1 aliphatic heterocycles. The molecule has 0 atom stereocenters. The average Bonchev–Trinajstić information content (AvgIpc) is 2.43. The van der Waals surface area contributed by atoms with Gasteiger partial charge in [0, 0.05) is 39.0 Å². The number of piperidine rings is 1. The monoisotopic (exact) mass is 276 g/mol. The second-order valence-corrected chi connectivity index (χ2v) is 6.49. The van der Waals surface area contributed by atoms with E-state index < -0.39 is 0 Å². The van der Waals surface area contributed by atoms with Gasteiger partial charge in [-0.1, -0.05) is 32.0 Å². The fourth-order valence-electron chi connectivity index (χ4n) is 2.99. The number of benzene rings is 1. The van der Waals surface area contributed by atoms with Crippen molar-refractivity contribution >= 4 is 5.69 Å². The van der Waals surface area contributed by atoms with E-state index >= 15 is 0 Å². The van der Waals surface area contributed by atoms with Crippen LogP contribution in [0.15, 0.2) is 24.3 Å². The van der Waals surface area contributed by atoms with Crippen molar-refractivity contribution in [3.05, 3.63) is 29.8 Å². The summed E-state index contributed by atoms with van der Waals surface area (Å²) in [7, 11) is 1.74. The van der Waals surface area contributed by atoms with Gasteiger partial charge in [-0.05, 0) is 29.9 Å². The van der Waals surface area contributed by atoms with Crippen LogP contribution >= 0.6 is 0 Å². The predicted octanol–water partition coefficient (Wildman–Crippen LogP) is 3.05. The fourth-order valence-corrected chi connectivity index (χ4v) is 2.99. The molecule has 1 heterocycles. The average molecular weight is 276 g/mol. The molecular weight excluding hydrogens is 248 g/mol. The number of para-hydroxylation sites is 1. The Morgan fingerprint density at radius 1 is 1.30 bits per heavy atom. The first-order chi connectivity index (χ1) is 9.62. The number of rotatable bonds is 6. The van der Waals surface area contributed by atoms with Crippen molar-refractivity contribution in [2.45, 2.75) is 33.2 Å². The van der Waals surface area contributed by atoms with Crippen molar-refractivity contribution in [3.8, 4) is 0 Å². The van der Waals surface area contributed by atoms with E-state index in [1.54, 1.807) is 7.11 Å². The van der Waals surface area contributed by atoms with Gasteiger partial charge in [0.15, 0.2) is 0 Å². The lowest BCUT2D eigenvalue weighted by Gasteiger charge is -2.40. The van der Waals surface area contributed by atoms with Crippen LogP contribution in [0.3, 0.4) is 0 Å². The Bertz CT molecular complexity index is 417. The Morgan fingerprint density at radius 3 is 2.85 bits per heavy atom. The molecule has 1 saturated heterocycles. The highest BCUT2D eigenvalue weighted by Gasteiger charge is 2.27. The normalized spacial score (nSPS) is 18.2. The maximum Gasteiger partial charge on any atom is 0.0587 e. The van der Waals surface area contributed by atoms with Crippen LogP contribution in [-0.2, 0) is 11.3 Å². The third-order valence-electron chi connectivity index (χ3n) is 4.03. The molecule has 1 aromatic carbocycles. The van der Waals surface area contributed by atoms with E-state index in [1.165, 1.54) is 30.6 Å². The first-order valence-corrected chi connectivity index (χ1v) is 7.65. The van der Waals surface area contributed by atoms with E-state index in [9.17, 15) is 0 Å². The van der Waals surface area contributed by atoms with E-state index in [-0.39, 0.29) is 0 Å². The SMILES string of the molecule is COCCNCc1ccccc1N1CCCC(C)(C)C1. The largest absolute Gasteiger partial charge is 0.383 e. The molecule has 0 aliphatic carbocycles. The Balaban J connectivity index is 2.03. The van der Waals surface area contributed by atoms with Crippen molar-refractivity contribution in [1.29, 1.82) is 0 Å². The maximum atomic E-state index is 5.08. The summed E-state index contributed by atoms with van der Waals surface area (Å²) in [5.41, 5.74) is 3.21. The standard InChI is InChI=1S/C17H28N2O/c1-17(2)9-6-11-19(14-17)16-8-5-4-7-15(16)13-18-10-12-20-3/h4-5,7-8,18H,6,9-14H2,1-3H3. The van der Waals surface area contributed by atoms with Gasteiger partial charge in [0.1, 0.15) is 0 Å². The van der Waals surface area contributed by atoms with Crippen LogP contribution < -0.4 is 10.2 Å². The van der Waals surface area contributed by atoms with Gasteiger partial charge >= 0.3 is 0 Å². The number of hydrogen-bond acceptors (Lipinski definition) is 3. The molecule has 0 saturated carbocycles. The van der Waals surface area contributed by atoms with E-state index in [0.29, 0.717) is 5.41 Å². The van der Waals surface area contributed by atoms with Crippen molar-refractivity contribution < 1.29 is 4.74 Å². The highest BCUT2D eigenvalue weighted by Crippen LogP contribution is 2.32. The molecule has 112 valence electrons. The molecule has 1 aromatic rings. The van der Waals surface area contributed by atoms with Gasteiger partial charge in [0.2, 0.25) is 0 Å². The Morgan fingerprint density at radius 2 is 2.10 bits per heavy atom. The zero-order chi connectivity index (χ0) is 14.4. The molecular formula is C17H28N2O. The van der Waals surface area contributed by atoms with E-state index in [1.807, 2.05) is 0 Å². The minimum absolute atomic E-state index is 0.425. The number of nitrogens with one attached hydrogen (secondary N) is 1. The third kappa shape index (κ3) is 4.22. The molecule has 20 heavy (non-hydrogen) atoms. The van der Waals surface area contributed by atoms with E-state index in [4.69, 9.17) is 4.74 Å². The summed E-state index contributed by atoms with van der Waals surface area (Å²) in [6.45, 7) is 9.66. The third-order valence-corrected chi connectivity index (χ3v) is 4.03. The second-order valence-electron chi connectivity index (χ2n) is 6.49. The zero-order valence-corrected chi connectivity index (χ0v) is 13.1. The lowest BCUT2D eigenvalue weighted by Crippen LogP contribution is -2.40. The molecule has 3 heteroatoms. The van der Waals surface area contributed by atoms with Crippen LogP contribution in [-0.4, -0.2) is 33.4 Å². The summed E-state index contributed by atoms with van der Waals surface area (Å²) in [6, 6.07) is 8.77. The van der Waals surface area contributed by atoms with Crippen molar-refractivity contribution in [3.63, 3.8) is 0 Å². The Labute approximate surface area is 123 Å². The second kappa shape index (κ2) is 7.09. The van der Waals surface area contributed by atoms with Crippen LogP contribution in [0, 0.1) is 5.41 Å². The van der Waals surface area contributed by atoms with Crippen molar-refractivity contribution in [2.75, 3.05) is 38.3 Å². The lowest BCUT2D eigenvalue weighted by molar-refractivity contribution is 0.199. The van der Waals surface area contributed by atoms with Gasteiger partial charge in [-0.25, -0.2) is 0 Å². The summed E-state index contributed by atoms with van der Waals surface area (Å²) in [5, 5.41) is 3.45. The quantitative estimate of drug-likeness (QED) is 0.808. The van der Waals surface area contributed by atoms with Gasteiger partial charge < -0.3 is 15.0 Å². The lowest BCUT2D eigenvalue weighted by atomic mass is 9.84. The van der Waals surface area contributed by atoms with Crippen LogP contribution in [0.4, 0.5) is 5.69 Å². The molecule has 0 aromatic heterocycles. The van der Waals surface area contributed by atoms with Crippen LogP contribution in [0.5, 0.6) is 0 Å². The van der Waals surface area contributed by atoms with Crippen LogP contribution in [0.2, 0.25) is 0 Å². The summed E-state index contributed by atoms with van der Waals surface area (Å²) >= 11 is 0. The molecule has 2 rings (SSSR count). The van der Waals surface area contributed by atoms with Crippen LogP contribution in [0.25, 0.3) is 0 Å². The Hall–Kier alpha value is -1.06. The minimum atomic E-state index is 0.425. The number of nitrogens with zero attached hydrogens (tertiary/aromatic N) is 1. The molecule has 0 unspecified atom stereocenters. The summed E-state index contributed by atoms with van der Waals surface area (Å²) < 4.78 is 5.08. The molecule has 0 amide bonds. The van der Waals surface area contributed by atoms with E-state index in [2.05, 4.69) is 48.3 Å². The highest BCUT2D eigenvalue weighted by molar-refractivity contribution is 5.54. The highest BCUT2D eigenvalue weighted by atomic mass is 16.5. The van der Waals surface area contributed by atoms with E-state index in [0.717, 1.165) is 26.2 Å². The maximum absolute atomic E-state index is 5.08. The van der Waals surface area contributed by atoms with Gasteiger partial charge in [0.25, 0.3) is 0 Å². The minimum Gasteiger partial charge on any atom is -0.383 e. The molecule has 1 N–H and O–H groups in total. The molecule has 0 radical (unpaired) electrons. The fraction of sp³-hybridized carbons (Fsp3) is 0.647. The Kier molecular flexibility index (Phi) is 5.44. The number of ether oxygens (including phenoxy) is 1. The molecule has 0 spiro atoms.